The van der Waals surface area contributed by atoms with Gasteiger partial charge in [-0.3, -0.25) is 9.59 Å². The molecule has 2 amide bonds. The summed E-state index contributed by atoms with van der Waals surface area (Å²) < 4.78 is 16.8. The van der Waals surface area contributed by atoms with Gasteiger partial charge in [0, 0.05) is 28.9 Å². The smallest absolute Gasteiger partial charge is 0.251 e. The molecule has 200 valence electrons. The quantitative estimate of drug-likeness (QED) is 0.172. The lowest BCUT2D eigenvalue weighted by atomic mass is 10.2. The minimum atomic E-state index is -0.210. The number of carbonyl (C=O) groups excluding carboxylic acids is 2. The van der Waals surface area contributed by atoms with Gasteiger partial charge < -0.3 is 36.7 Å². The number of ether oxygens (including phenoxy) is 3. The van der Waals surface area contributed by atoms with Crippen molar-refractivity contribution in [1.82, 2.24) is 16.8 Å². The summed E-state index contributed by atoms with van der Waals surface area (Å²) >= 11 is 1.50. The van der Waals surface area contributed by atoms with E-state index >= 15 is 0 Å². The number of hydrogen-bond acceptors (Lipinski definition) is 8. The van der Waals surface area contributed by atoms with E-state index in [9.17, 15) is 9.59 Å². The Morgan fingerprint density at radius 1 is 1.21 bits per heavy atom. The van der Waals surface area contributed by atoms with Gasteiger partial charge in [0.15, 0.2) is 0 Å². The van der Waals surface area contributed by atoms with Crippen LogP contribution in [0.4, 0.5) is 0 Å². The average Bonchev–Trinajstić information content (AvgIpc) is 2.83. The normalized spacial score (nSPS) is 10.6. The van der Waals surface area contributed by atoms with E-state index in [1.165, 1.54) is 11.8 Å². The van der Waals surface area contributed by atoms with Crippen LogP contribution in [0.25, 0.3) is 0 Å². The molecule has 0 fully saturated rings. The van der Waals surface area contributed by atoms with Gasteiger partial charge in [-0.15, -0.1) is 11.8 Å². The van der Waals surface area contributed by atoms with Gasteiger partial charge in [0.1, 0.15) is 24.4 Å². The summed E-state index contributed by atoms with van der Waals surface area (Å²) in [5, 5.41) is 5.39. The Hall–Kier alpha value is -2.29. The number of carbonyl (C=O) groups is 2. The molecule has 0 spiro atoms. The summed E-state index contributed by atoms with van der Waals surface area (Å²) in [6.45, 7) is 10.00. The van der Waals surface area contributed by atoms with Gasteiger partial charge in [0.25, 0.3) is 5.91 Å². The van der Waals surface area contributed by atoms with Crippen molar-refractivity contribution in [2.75, 3.05) is 52.3 Å². The second kappa shape index (κ2) is 22.5. The first-order valence-corrected chi connectivity index (χ1v) is 12.4. The van der Waals surface area contributed by atoms with Gasteiger partial charge >= 0.3 is 0 Å². The highest BCUT2D eigenvalue weighted by atomic mass is 32.2. The van der Waals surface area contributed by atoms with E-state index in [4.69, 9.17) is 19.9 Å². The lowest BCUT2D eigenvalue weighted by Crippen LogP contribution is -2.29. The first-order valence-electron chi connectivity index (χ1n) is 11.1. The van der Waals surface area contributed by atoms with Crippen molar-refractivity contribution < 1.29 is 28.1 Å². The first-order chi connectivity index (χ1) is 16.0. The lowest BCUT2D eigenvalue weighted by Gasteiger charge is -2.17. The van der Waals surface area contributed by atoms with Crippen LogP contribution in [0.3, 0.4) is 0 Å². The van der Waals surface area contributed by atoms with Crippen LogP contribution in [0, 0.1) is 17.8 Å². The van der Waals surface area contributed by atoms with Crippen molar-refractivity contribution >= 4 is 23.6 Å². The second-order valence-corrected chi connectivity index (χ2v) is 7.72. The fourth-order valence-corrected chi connectivity index (χ4v) is 2.65. The predicted octanol–water partition coefficient (Wildman–Crippen LogP) is 3.18. The van der Waals surface area contributed by atoms with Gasteiger partial charge in [-0.2, -0.15) is 0 Å². The molecule has 1 aromatic carbocycles. The van der Waals surface area contributed by atoms with Crippen molar-refractivity contribution in [3.05, 3.63) is 29.8 Å². The molecule has 0 saturated heterocycles. The standard InChI is InChI=1S/C22H33N3O5S.C2H6.H3N.3H2/c1-17(2)6-5-10-24-20(26)15-28-12-13-29-21(31-3)16-30-19-8-4-7-18(14-19)22(27)25-11-9-23;1-2;;;;/h4,7-8,14,17,21H,9-13,15-16,23H2,1-3H3,(H,24,26)(H,25,27);1-2H3;1H3;3*1H/t21-;;;;;/m1...../s1. The van der Waals surface area contributed by atoms with E-state index in [1.807, 2.05) is 34.0 Å². The largest absolute Gasteiger partial charge is 0.490 e. The minimum Gasteiger partial charge on any atom is -0.490 e. The zero-order valence-corrected chi connectivity index (χ0v) is 22.0. The molecule has 0 heterocycles. The van der Waals surface area contributed by atoms with E-state index in [-0.39, 0.29) is 40.2 Å². The van der Waals surface area contributed by atoms with E-state index in [2.05, 4.69) is 22.5 Å². The maximum atomic E-state index is 12.0. The van der Waals surface area contributed by atoms with E-state index in [0.717, 1.165) is 0 Å². The Balaban J connectivity index is -0.000000554. The molecule has 1 aromatic rings. The lowest BCUT2D eigenvalue weighted by molar-refractivity contribution is -0.126. The van der Waals surface area contributed by atoms with Crippen LogP contribution in [0.15, 0.2) is 24.3 Å². The van der Waals surface area contributed by atoms with Gasteiger partial charge in [-0.1, -0.05) is 45.6 Å². The van der Waals surface area contributed by atoms with Crippen LogP contribution in [0.2, 0.25) is 0 Å². The zero-order valence-electron chi connectivity index (χ0n) is 21.1. The molecule has 9 nitrogen and oxygen atoms in total. The highest BCUT2D eigenvalue weighted by Gasteiger charge is 2.11. The molecule has 1 atom stereocenters. The van der Waals surface area contributed by atoms with Gasteiger partial charge in [0.05, 0.1) is 19.8 Å². The third-order valence-electron chi connectivity index (χ3n) is 3.70. The average molecular weight is 505 g/mol. The predicted molar refractivity (Wildman–Crippen MR) is 146 cm³/mol. The van der Waals surface area contributed by atoms with Crippen LogP contribution in [-0.4, -0.2) is 69.6 Å². The second-order valence-electron chi connectivity index (χ2n) is 6.72. The van der Waals surface area contributed by atoms with Crippen LogP contribution in [-0.2, 0) is 14.3 Å². The Bertz CT molecular complexity index is 753. The van der Waals surface area contributed by atoms with Crippen LogP contribution in [0.5, 0.6) is 5.75 Å². The van der Waals surface area contributed by atoms with E-state index < -0.39 is 0 Å². The molecule has 34 heavy (non-hydrogen) atoms. The summed E-state index contributed by atoms with van der Waals surface area (Å²) in [6, 6.07) is 6.93. The number of benzene rings is 1. The molecule has 0 unspecified atom stereocenters. The fraction of sp³-hybridized carbons (Fsp3) is 0.583. The molecule has 0 aliphatic carbocycles. The molecule has 0 radical (unpaired) electrons. The fourth-order valence-electron chi connectivity index (χ4n) is 2.22. The van der Waals surface area contributed by atoms with Gasteiger partial charge in [0.2, 0.25) is 5.91 Å². The van der Waals surface area contributed by atoms with Crippen molar-refractivity contribution in [3.8, 4) is 17.6 Å². The van der Waals surface area contributed by atoms with Crippen molar-refractivity contribution in [2.24, 2.45) is 11.7 Å². The molecule has 7 N–H and O–H groups in total. The highest BCUT2D eigenvalue weighted by molar-refractivity contribution is 7.99. The highest BCUT2D eigenvalue weighted by Crippen LogP contribution is 2.16. The van der Waals surface area contributed by atoms with Gasteiger partial charge in [-0.05, 0) is 24.5 Å². The molecule has 0 bridgehead atoms. The third kappa shape index (κ3) is 17.2. The Morgan fingerprint density at radius 2 is 1.94 bits per heavy atom. The van der Waals surface area contributed by atoms with Crippen LogP contribution < -0.4 is 27.3 Å². The molecular weight excluding hydrogens is 456 g/mol. The van der Waals surface area contributed by atoms with E-state index in [0.29, 0.717) is 50.8 Å². The molecule has 0 aromatic heterocycles. The molecule has 0 saturated carbocycles. The Labute approximate surface area is 213 Å². The third-order valence-corrected chi connectivity index (χ3v) is 4.50. The topological polar surface area (TPSA) is 147 Å². The number of hydrogen-bond donors (Lipinski definition) is 4. The minimum absolute atomic E-state index is 0. The number of amides is 2. The Kier molecular flexibility index (Phi) is 22.4. The molecule has 0 aliphatic rings. The number of thioether (sulfide) groups is 1. The number of nitrogens with two attached hydrogens (primary N) is 1. The Morgan fingerprint density at radius 3 is 2.59 bits per heavy atom. The molecular formula is C24H48N4O5S. The summed E-state index contributed by atoms with van der Waals surface area (Å²) in [4.78, 5) is 23.6. The zero-order chi connectivity index (χ0) is 24.9. The van der Waals surface area contributed by atoms with Crippen LogP contribution >= 0.6 is 11.8 Å². The van der Waals surface area contributed by atoms with Crippen LogP contribution in [0.1, 0.15) is 42.3 Å². The summed E-state index contributed by atoms with van der Waals surface area (Å²) in [6.07, 6.45) is 1.91. The monoisotopic (exact) mass is 504 g/mol. The first kappa shape index (κ1) is 33.9. The van der Waals surface area contributed by atoms with E-state index in [1.54, 1.807) is 24.3 Å². The summed E-state index contributed by atoms with van der Waals surface area (Å²) in [7, 11) is 0. The maximum Gasteiger partial charge on any atom is 0.251 e. The maximum absolute atomic E-state index is 12.0. The van der Waals surface area contributed by atoms with Crippen molar-refractivity contribution in [2.45, 2.75) is 33.1 Å². The number of rotatable bonds is 14. The molecule has 1 rings (SSSR count). The van der Waals surface area contributed by atoms with Crippen molar-refractivity contribution in [1.29, 1.82) is 0 Å². The molecule has 0 aliphatic heterocycles. The summed E-state index contributed by atoms with van der Waals surface area (Å²) in [5.41, 5.74) is 5.70. The van der Waals surface area contributed by atoms with Gasteiger partial charge in [-0.25, -0.2) is 0 Å². The summed E-state index contributed by atoms with van der Waals surface area (Å²) in [5.74, 6) is 6.31. The molecule has 10 heteroatoms. The number of nitrogens with one attached hydrogen (secondary N) is 2. The van der Waals surface area contributed by atoms with Crippen molar-refractivity contribution in [3.63, 3.8) is 0 Å². The SMILES string of the molecule is CC.CS[C@H](COc1cccc(C(=O)NCCN)c1)OCCOCC(=O)NCC#CC(C)C.N.[HH].[HH].[HH].